The Hall–Kier alpha value is -2.12. The molecule has 4 rings (SSSR count). The van der Waals surface area contributed by atoms with E-state index < -0.39 is 0 Å². The summed E-state index contributed by atoms with van der Waals surface area (Å²) in [5, 5.41) is 0. The second-order valence-electron chi connectivity index (χ2n) is 6.26. The van der Waals surface area contributed by atoms with E-state index in [1.165, 1.54) is 0 Å². The van der Waals surface area contributed by atoms with Gasteiger partial charge in [-0.05, 0) is 28.4 Å². The number of benzene rings is 1. The van der Waals surface area contributed by atoms with Crippen LogP contribution in [0.25, 0.3) is 0 Å². The summed E-state index contributed by atoms with van der Waals surface area (Å²) in [6.07, 6.45) is 1.33. The van der Waals surface area contributed by atoms with Crippen molar-refractivity contribution in [1.82, 2.24) is 9.47 Å². The lowest BCUT2D eigenvalue weighted by Gasteiger charge is -2.34. The molecule has 2 aliphatic heterocycles. The molecule has 1 aromatic carbocycles. The highest BCUT2D eigenvalue weighted by Gasteiger charge is 2.42. The average Bonchev–Trinajstić information content (AvgIpc) is 2.98. The number of fused-ring (bicyclic) bond motifs is 2. The van der Waals surface area contributed by atoms with Crippen molar-refractivity contribution < 1.29 is 14.3 Å². The maximum atomic E-state index is 13.0. The van der Waals surface area contributed by atoms with Crippen LogP contribution in [0.5, 0.6) is 5.75 Å². The van der Waals surface area contributed by atoms with Crippen molar-refractivity contribution >= 4 is 21.8 Å². The van der Waals surface area contributed by atoms with Crippen LogP contribution < -0.4 is 10.2 Å². The van der Waals surface area contributed by atoms with Crippen molar-refractivity contribution in [2.45, 2.75) is 32.3 Å². The van der Waals surface area contributed by atoms with E-state index in [2.05, 4.69) is 15.9 Å². The molecule has 0 saturated carbocycles. The molecule has 1 amide bonds. The maximum absolute atomic E-state index is 13.0. The predicted molar refractivity (Wildman–Crippen MR) is 94.5 cm³/mol. The number of ether oxygens (including phenoxy) is 2. The first-order valence-corrected chi connectivity index (χ1v) is 8.89. The minimum atomic E-state index is -0.318. The summed E-state index contributed by atoms with van der Waals surface area (Å²) >= 11 is 3.28. The van der Waals surface area contributed by atoms with Crippen molar-refractivity contribution in [2.24, 2.45) is 0 Å². The quantitative estimate of drug-likeness (QED) is 0.787. The van der Waals surface area contributed by atoms with Gasteiger partial charge in [0.05, 0.1) is 23.7 Å². The number of nitrogens with zero attached hydrogens (tertiary/aromatic N) is 2. The van der Waals surface area contributed by atoms with E-state index in [-0.39, 0.29) is 41.7 Å². The summed E-state index contributed by atoms with van der Waals surface area (Å²) < 4.78 is 13.6. The molecule has 3 heterocycles. The minimum absolute atomic E-state index is 0.0213. The van der Waals surface area contributed by atoms with Gasteiger partial charge in [-0.25, -0.2) is 0 Å². The molecule has 130 valence electrons. The molecule has 0 unspecified atom stereocenters. The molecule has 2 aromatic rings. The van der Waals surface area contributed by atoms with E-state index in [9.17, 15) is 9.59 Å². The monoisotopic (exact) mass is 404 g/mol. The molecule has 6 nitrogen and oxygen atoms in total. The molecule has 0 N–H and O–H groups in total. The standard InChI is InChI=1S/C18H17BrN2O4/c1-11-9-24-14-8-20-7-13(19)16(22)17(15(20)18(23)21(11)14)25-10-12-5-3-2-4-6-12/h2-7,11,14H,8-10H2,1H3/t11-,14+/m0/s1. The van der Waals surface area contributed by atoms with Gasteiger partial charge in [0, 0.05) is 6.20 Å². The van der Waals surface area contributed by atoms with Crippen LogP contribution in [-0.4, -0.2) is 34.3 Å². The van der Waals surface area contributed by atoms with Crippen LogP contribution >= 0.6 is 15.9 Å². The zero-order valence-electron chi connectivity index (χ0n) is 13.6. The van der Waals surface area contributed by atoms with Gasteiger partial charge >= 0.3 is 0 Å². The number of rotatable bonds is 3. The Bertz CT molecular complexity index is 881. The molecular formula is C18H17BrN2O4. The third kappa shape index (κ3) is 2.77. The Morgan fingerprint density at radius 3 is 2.80 bits per heavy atom. The van der Waals surface area contributed by atoms with Gasteiger partial charge < -0.3 is 18.9 Å². The van der Waals surface area contributed by atoms with Crippen molar-refractivity contribution in [3.05, 3.63) is 62.5 Å². The third-order valence-electron chi connectivity index (χ3n) is 4.53. The van der Waals surface area contributed by atoms with E-state index in [1.54, 1.807) is 15.7 Å². The van der Waals surface area contributed by atoms with Crippen LogP contribution in [0.1, 0.15) is 23.0 Å². The summed E-state index contributed by atoms with van der Waals surface area (Å²) in [4.78, 5) is 27.3. The van der Waals surface area contributed by atoms with Crippen LogP contribution in [-0.2, 0) is 17.9 Å². The molecule has 25 heavy (non-hydrogen) atoms. The van der Waals surface area contributed by atoms with Crippen LogP contribution in [0.15, 0.2) is 45.8 Å². The first-order chi connectivity index (χ1) is 12.1. The average molecular weight is 405 g/mol. The number of halogens is 1. The highest BCUT2D eigenvalue weighted by molar-refractivity contribution is 9.10. The molecule has 0 radical (unpaired) electrons. The number of carbonyl (C=O) groups excluding carboxylic acids is 1. The summed E-state index contributed by atoms with van der Waals surface area (Å²) in [6, 6.07) is 9.53. The van der Waals surface area contributed by atoms with Gasteiger partial charge in [-0.15, -0.1) is 0 Å². The Kier molecular flexibility index (Phi) is 4.13. The topological polar surface area (TPSA) is 60.8 Å². The van der Waals surface area contributed by atoms with Gasteiger partial charge in [0.15, 0.2) is 17.7 Å². The number of carbonyl (C=O) groups is 1. The van der Waals surface area contributed by atoms with Gasteiger partial charge in [-0.1, -0.05) is 30.3 Å². The maximum Gasteiger partial charge on any atom is 0.276 e. The molecular weight excluding hydrogens is 388 g/mol. The lowest BCUT2D eigenvalue weighted by Crippen LogP contribution is -2.48. The summed E-state index contributed by atoms with van der Waals surface area (Å²) in [5.74, 6) is -0.144. The zero-order valence-corrected chi connectivity index (χ0v) is 15.2. The zero-order chi connectivity index (χ0) is 17.6. The van der Waals surface area contributed by atoms with Gasteiger partial charge in [-0.2, -0.15) is 0 Å². The van der Waals surface area contributed by atoms with E-state index in [1.807, 2.05) is 37.3 Å². The molecule has 7 heteroatoms. The lowest BCUT2D eigenvalue weighted by molar-refractivity contribution is 0.00608. The van der Waals surface area contributed by atoms with Crippen molar-refractivity contribution in [3.8, 4) is 5.75 Å². The Labute approximate surface area is 153 Å². The fourth-order valence-corrected chi connectivity index (χ4v) is 3.72. The second kappa shape index (κ2) is 6.31. The smallest absolute Gasteiger partial charge is 0.276 e. The SMILES string of the molecule is C[C@H]1CO[C@@H]2Cn3cc(Br)c(=O)c(OCc4ccccc4)c3C(=O)N12. The molecule has 1 aromatic heterocycles. The predicted octanol–water partition coefficient (Wildman–Crippen LogP) is 2.39. The fraction of sp³-hybridized carbons (Fsp3) is 0.333. The number of aromatic nitrogens is 1. The second-order valence-corrected chi connectivity index (χ2v) is 7.11. The number of hydrogen-bond donors (Lipinski definition) is 0. The van der Waals surface area contributed by atoms with Crippen LogP contribution in [0.3, 0.4) is 0 Å². The highest BCUT2D eigenvalue weighted by atomic mass is 79.9. The number of hydrogen-bond acceptors (Lipinski definition) is 4. The van der Waals surface area contributed by atoms with Crippen molar-refractivity contribution in [3.63, 3.8) is 0 Å². The summed E-state index contributed by atoms with van der Waals surface area (Å²) in [5.41, 5.74) is 0.902. The van der Waals surface area contributed by atoms with Gasteiger partial charge in [0.25, 0.3) is 5.91 Å². The van der Waals surface area contributed by atoms with Crippen molar-refractivity contribution in [2.75, 3.05) is 6.61 Å². The fourth-order valence-electron chi connectivity index (χ4n) is 3.29. The molecule has 0 aliphatic carbocycles. The van der Waals surface area contributed by atoms with Gasteiger partial charge in [-0.3, -0.25) is 9.59 Å². The molecule has 1 fully saturated rings. The van der Waals surface area contributed by atoms with Gasteiger partial charge in [0.1, 0.15) is 6.61 Å². The third-order valence-corrected chi connectivity index (χ3v) is 5.09. The first-order valence-electron chi connectivity index (χ1n) is 8.10. The van der Waals surface area contributed by atoms with E-state index >= 15 is 0 Å². The lowest BCUT2D eigenvalue weighted by atomic mass is 10.1. The largest absolute Gasteiger partial charge is 0.483 e. The molecule has 2 atom stereocenters. The first kappa shape index (κ1) is 16.4. The highest BCUT2D eigenvalue weighted by Crippen LogP contribution is 2.31. The Balaban J connectivity index is 1.75. The summed E-state index contributed by atoms with van der Waals surface area (Å²) in [7, 11) is 0. The van der Waals surface area contributed by atoms with Crippen LogP contribution in [0.2, 0.25) is 0 Å². The van der Waals surface area contributed by atoms with Crippen molar-refractivity contribution in [1.29, 1.82) is 0 Å². The number of amides is 1. The van der Waals surface area contributed by atoms with E-state index in [0.717, 1.165) is 5.56 Å². The van der Waals surface area contributed by atoms with Crippen LogP contribution in [0.4, 0.5) is 0 Å². The van der Waals surface area contributed by atoms with Gasteiger partial charge in [0.2, 0.25) is 5.43 Å². The Morgan fingerprint density at radius 2 is 2.04 bits per heavy atom. The summed E-state index contributed by atoms with van der Waals surface area (Å²) in [6.45, 7) is 3.14. The number of pyridine rings is 1. The van der Waals surface area contributed by atoms with E-state index in [4.69, 9.17) is 9.47 Å². The molecule has 1 saturated heterocycles. The van der Waals surface area contributed by atoms with Crippen LogP contribution in [0, 0.1) is 0 Å². The van der Waals surface area contributed by atoms with E-state index in [0.29, 0.717) is 17.6 Å². The normalized spacial score (nSPS) is 21.8. The molecule has 0 spiro atoms. The molecule has 0 bridgehead atoms. The Morgan fingerprint density at radius 1 is 1.28 bits per heavy atom. The molecule has 2 aliphatic rings. The minimum Gasteiger partial charge on any atom is -0.483 e.